The average molecular weight is 287 g/mol. The molecule has 0 aromatic heterocycles. The lowest BCUT2D eigenvalue weighted by Gasteiger charge is -2.35. The van der Waals surface area contributed by atoms with Crippen LogP contribution in [0.5, 0.6) is 5.75 Å². The van der Waals surface area contributed by atoms with Gasteiger partial charge in [0.25, 0.3) is 0 Å². The fourth-order valence-corrected chi connectivity index (χ4v) is 2.74. The number of methoxy groups -OCH3 is 1. The summed E-state index contributed by atoms with van der Waals surface area (Å²) in [5.74, 6) is 0.651. The monoisotopic (exact) mass is 286 g/mol. The Morgan fingerprint density at radius 1 is 1.42 bits per heavy atom. The van der Waals surface area contributed by atoms with E-state index >= 15 is 0 Å². The minimum Gasteiger partial charge on any atom is -0.495 e. The predicted molar refractivity (Wildman–Crippen MR) is 75.8 cm³/mol. The quantitative estimate of drug-likeness (QED) is 0.901. The summed E-state index contributed by atoms with van der Waals surface area (Å²) in [6, 6.07) is 5.81. The number of piperazine rings is 1. The molecule has 1 N–H and O–H groups in total. The minimum absolute atomic E-state index is 0.0956. The van der Waals surface area contributed by atoms with Crippen molar-refractivity contribution in [2.75, 3.05) is 40.0 Å². The van der Waals surface area contributed by atoms with Gasteiger partial charge in [-0.2, -0.15) is 0 Å². The molecule has 0 bridgehead atoms. The van der Waals surface area contributed by atoms with Gasteiger partial charge in [-0.1, -0.05) is 17.7 Å². The van der Waals surface area contributed by atoms with E-state index in [0.29, 0.717) is 17.2 Å². The molecule has 3 nitrogen and oxygen atoms in total. The molecule has 1 aliphatic heterocycles. The van der Waals surface area contributed by atoms with E-state index in [9.17, 15) is 4.39 Å². The van der Waals surface area contributed by atoms with Crippen LogP contribution in [0.1, 0.15) is 18.0 Å². The highest BCUT2D eigenvalue weighted by atomic mass is 35.5. The summed E-state index contributed by atoms with van der Waals surface area (Å²) < 4.78 is 18.1. The first-order valence-electron chi connectivity index (χ1n) is 6.60. The first-order chi connectivity index (χ1) is 9.26. The van der Waals surface area contributed by atoms with Crippen LogP contribution in [0.25, 0.3) is 0 Å². The summed E-state index contributed by atoms with van der Waals surface area (Å²) in [5, 5.41) is 3.90. The first-order valence-corrected chi connectivity index (χ1v) is 6.98. The van der Waals surface area contributed by atoms with Crippen molar-refractivity contribution >= 4 is 11.6 Å². The Balaban J connectivity index is 2.22. The number of hydrogen-bond acceptors (Lipinski definition) is 3. The van der Waals surface area contributed by atoms with Crippen LogP contribution in [0.4, 0.5) is 4.39 Å². The van der Waals surface area contributed by atoms with Gasteiger partial charge in [0.2, 0.25) is 0 Å². The maximum atomic E-state index is 12.8. The molecule has 1 heterocycles. The van der Waals surface area contributed by atoms with Crippen molar-refractivity contribution in [1.29, 1.82) is 0 Å². The van der Waals surface area contributed by atoms with Crippen molar-refractivity contribution in [2.45, 2.75) is 12.5 Å². The Hall–Kier alpha value is -0.840. The highest BCUT2D eigenvalue weighted by Gasteiger charge is 2.22. The van der Waals surface area contributed by atoms with Crippen molar-refractivity contribution < 1.29 is 9.13 Å². The van der Waals surface area contributed by atoms with E-state index in [1.807, 2.05) is 18.2 Å². The maximum absolute atomic E-state index is 12.8. The van der Waals surface area contributed by atoms with E-state index in [-0.39, 0.29) is 12.7 Å². The van der Waals surface area contributed by atoms with Gasteiger partial charge < -0.3 is 10.1 Å². The van der Waals surface area contributed by atoms with Gasteiger partial charge in [-0.15, -0.1) is 0 Å². The smallest absolute Gasteiger partial charge is 0.137 e. The number of benzene rings is 1. The summed E-state index contributed by atoms with van der Waals surface area (Å²) in [6.45, 7) is 3.46. The lowest BCUT2D eigenvalue weighted by molar-refractivity contribution is 0.157. The molecule has 2 rings (SSSR count). The molecule has 0 aliphatic carbocycles. The first kappa shape index (κ1) is 14.6. The molecule has 106 valence electrons. The Bertz CT molecular complexity index is 410. The molecular weight excluding hydrogens is 267 g/mol. The summed E-state index contributed by atoms with van der Waals surface area (Å²) in [6.07, 6.45) is 0.505. The van der Waals surface area contributed by atoms with Gasteiger partial charge >= 0.3 is 0 Å². The third-order valence-electron chi connectivity index (χ3n) is 3.53. The van der Waals surface area contributed by atoms with Crippen LogP contribution in [0.15, 0.2) is 18.2 Å². The molecule has 0 spiro atoms. The van der Waals surface area contributed by atoms with Crippen LogP contribution in [-0.4, -0.2) is 44.9 Å². The number of ether oxygens (including phenoxy) is 1. The van der Waals surface area contributed by atoms with Crippen molar-refractivity contribution in [3.8, 4) is 5.75 Å². The van der Waals surface area contributed by atoms with Gasteiger partial charge in [0.15, 0.2) is 0 Å². The van der Waals surface area contributed by atoms with E-state index in [2.05, 4.69) is 10.2 Å². The van der Waals surface area contributed by atoms with E-state index in [0.717, 1.165) is 31.7 Å². The highest BCUT2D eigenvalue weighted by molar-refractivity contribution is 6.32. The molecule has 5 heteroatoms. The zero-order valence-electron chi connectivity index (χ0n) is 11.2. The lowest BCUT2D eigenvalue weighted by atomic mass is 10.0. The Morgan fingerprint density at radius 3 is 2.79 bits per heavy atom. The number of nitrogens with zero attached hydrogens (tertiary/aromatic N) is 1. The van der Waals surface area contributed by atoms with E-state index < -0.39 is 0 Å². The summed E-state index contributed by atoms with van der Waals surface area (Å²) >= 11 is 6.04. The van der Waals surface area contributed by atoms with Crippen LogP contribution in [0.2, 0.25) is 5.02 Å². The third kappa shape index (κ3) is 3.59. The molecular formula is C14H20ClFN2O. The van der Waals surface area contributed by atoms with Crippen LogP contribution >= 0.6 is 11.6 Å². The third-order valence-corrected chi connectivity index (χ3v) is 3.85. The van der Waals surface area contributed by atoms with Gasteiger partial charge in [0, 0.05) is 32.2 Å². The normalized spacial score (nSPS) is 18.3. The van der Waals surface area contributed by atoms with Gasteiger partial charge in [-0.3, -0.25) is 9.29 Å². The largest absolute Gasteiger partial charge is 0.495 e. The lowest BCUT2D eigenvalue weighted by Crippen LogP contribution is -2.45. The molecule has 1 aromatic rings. The standard InChI is InChI=1S/C14H20ClFN2O/c1-19-14-10-11(2-3-12(14)15)13(4-5-16)18-8-6-17-7-9-18/h2-3,10,13,17H,4-9H2,1H3/t13-/m0/s1. The zero-order chi connectivity index (χ0) is 13.7. The molecule has 1 aliphatic rings. The Kier molecular flexibility index (Phi) is 5.43. The van der Waals surface area contributed by atoms with Crippen LogP contribution < -0.4 is 10.1 Å². The molecule has 0 unspecified atom stereocenters. The highest BCUT2D eigenvalue weighted by Crippen LogP contribution is 2.31. The molecule has 1 aromatic carbocycles. The Labute approximate surface area is 118 Å². The number of nitrogens with one attached hydrogen (secondary N) is 1. The minimum atomic E-state index is -0.320. The number of rotatable bonds is 5. The van der Waals surface area contributed by atoms with Gasteiger partial charge in [0.05, 0.1) is 18.8 Å². The summed E-state index contributed by atoms with van der Waals surface area (Å²) in [4.78, 5) is 2.32. The number of alkyl halides is 1. The summed E-state index contributed by atoms with van der Waals surface area (Å²) in [7, 11) is 1.60. The number of hydrogen-bond donors (Lipinski definition) is 1. The van der Waals surface area contributed by atoms with Gasteiger partial charge in [0.1, 0.15) is 5.75 Å². The van der Waals surface area contributed by atoms with Crippen LogP contribution in [0.3, 0.4) is 0 Å². The molecule has 0 amide bonds. The fourth-order valence-electron chi connectivity index (χ4n) is 2.54. The molecule has 1 atom stereocenters. The van der Waals surface area contributed by atoms with Crippen LogP contribution in [0, 0.1) is 0 Å². The second kappa shape index (κ2) is 7.08. The molecule has 0 radical (unpaired) electrons. The van der Waals surface area contributed by atoms with E-state index in [1.54, 1.807) is 7.11 Å². The van der Waals surface area contributed by atoms with Gasteiger partial charge in [-0.05, 0) is 24.1 Å². The molecule has 0 saturated carbocycles. The summed E-state index contributed by atoms with van der Waals surface area (Å²) in [5.41, 5.74) is 1.07. The average Bonchev–Trinajstić information content (AvgIpc) is 2.46. The Morgan fingerprint density at radius 2 is 2.16 bits per heavy atom. The van der Waals surface area contributed by atoms with E-state index in [1.165, 1.54) is 0 Å². The maximum Gasteiger partial charge on any atom is 0.137 e. The van der Waals surface area contributed by atoms with Crippen molar-refractivity contribution in [2.24, 2.45) is 0 Å². The van der Waals surface area contributed by atoms with Crippen molar-refractivity contribution in [1.82, 2.24) is 10.2 Å². The topological polar surface area (TPSA) is 24.5 Å². The molecule has 19 heavy (non-hydrogen) atoms. The second-order valence-electron chi connectivity index (χ2n) is 4.67. The van der Waals surface area contributed by atoms with Crippen LogP contribution in [-0.2, 0) is 0 Å². The van der Waals surface area contributed by atoms with Crippen molar-refractivity contribution in [3.05, 3.63) is 28.8 Å². The zero-order valence-corrected chi connectivity index (χ0v) is 11.9. The fraction of sp³-hybridized carbons (Fsp3) is 0.571. The predicted octanol–water partition coefficient (Wildman–Crippen LogP) is 2.65. The molecule has 1 fully saturated rings. The second-order valence-corrected chi connectivity index (χ2v) is 5.08. The van der Waals surface area contributed by atoms with Gasteiger partial charge in [-0.25, -0.2) is 0 Å². The number of halogens is 2. The van der Waals surface area contributed by atoms with E-state index in [4.69, 9.17) is 16.3 Å². The molecule has 1 saturated heterocycles. The van der Waals surface area contributed by atoms with Crippen molar-refractivity contribution in [3.63, 3.8) is 0 Å². The SMILES string of the molecule is COc1cc([C@H](CCF)N2CCNCC2)ccc1Cl.